The van der Waals surface area contributed by atoms with Crippen molar-refractivity contribution in [1.82, 2.24) is 20.0 Å². The van der Waals surface area contributed by atoms with Gasteiger partial charge in [0.2, 0.25) is 5.91 Å². The van der Waals surface area contributed by atoms with Gasteiger partial charge in [-0.15, -0.1) is 24.0 Å². The maximum atomic E-state index is 12.7. The van der Waals surface area contributed by atoms with Crippen LogP contribution in [0.5, 0.6) is 5.75 Å². The largest absolute Gasteiger partial charge is 0.508 e. The first-order valence-electron chi connectivity index (χ1n) is 10.9. The van der Waals surface area contributed by atoms with E-state index in [1.54, 1.807) is 12.1 Å². The molecule has 1 unspecified atom stereocenters. The number of halogens is 1. The van der Waals surface area contributed by atoms with Gasteiger partial charge in [-0.25, -0.2) is 0 Å². The average Bonchev–Trinajstić information content (AvgIpc) is 3.27. The second kappa shape index (κ2) is 12.3. The van der Waals surface area contributed by atoms with E-state index in [0.29, 0.717) is 12.3 Å². The SMILES string of the molecule is CCNC(=NCCc1cccc(O)c1)N1CCN(C(C)C(=O)N2CCCC2)CC1.I. The van der Waals surface area contributed by atoms with Crippen LogP contribution in [0.1, 0.15) is 32.3 Å². The van der Waals surface area contributed by atoms with Gasteiger partial charge in [-0.05, 0) is 50.8 Å². The molecule has 0 bridgehead atoms. The minimum atomic E-state index is -0.0412. The Kier molecular flexibility index (Phi) is 10.2. The van der Waals surface area contributed by atoms with E-state index >= 15 is 0 Å². The number of carbonyl (C=O) groups excluding carboxylic acids is 1. The zero-order valence-electron chi connectivity index (χ0n) is 18.2. The van der Waals surface area contributed by atoms with Gasteiger partial charge in [0.25, 0.3) is 0 Å². The maximum absolute atomic E-state index is 12.7. The molecule has 0 saturated carbocycles. The third-order valence-electron chi connectivity index (χ3n) is 5.84. The number of nitrogens with zero attached hydrogens (tertiary/aromatic N) is 4. The lowest BCUT2D eigenvalue weighted by Crippen LogP contribution is -2.57. The molecule has 2 N–H and O–H groups in total. The number of hydrogen-bond donors (Lipinski definition) is 2. The number of amides is 1. The van der Waals surface area contributed by atoms with Gasteiger partial charge in [-0.1, -0.05) is 12.1 Å². The van der Waals surface area contributed by atoms with Crippen molar-refractivity contribution >= 4 is 35.8 Å². The summed E-state index contributed by atoms with van der Waals surface area (Å²) in [6, 6.07) is 7.31. The van der Waals surface area contributed by atoms with Crippen molar-refractivity contribution in [1.29, 1.82) is 0 Å². The van der Waals surface area contributed by atoms with Crippen LogP contribution in [0.4, 0.5) is 0 Å². The van der Waals surface area contributed by atoms with Crippen molar-refractivity contribution in [3.8, 4) is 5.75 Å². The molecule has 1 aromatic carbocycles. The molecule has 0 aromatic heterocycles. The Hall–Kier alpha value is -1.55. The fourth-order valence-corrected chi connectivity index (χ4v) is 4.11. The minimum absolute atomic E-state index is 0. The predicted octanol–water partition coefficient (Wildman–Crippen LogP) is 2.15. The zero-order valence-corrected chi connectivity index (χ0v) is 20.5. The highest BCUT2D eigenvalue weighted by molar-refractivity contribution is 14.0. The Balaban J connectivity index is 0.00000320. The molecule has 1 aromatic rings. The number of likely N-dealkylation sites (tertiary alicyclic amines) is 1. The number of guanidine groups is 1. The summed E-state index contributed by atoms with van der Waals surface area (Å²) in [7, 11) is 0. The minimum Gasteiger partial charge on any atom is -0.508 e. The monoisotopic (exact) mass is 529 g/mol. The van der Waals surface area contributed by atoms with Crippen LogP contribution in [0.15, 0.2) is 29.3 Å². The molecular formula is C22H36IN5O2. The molecule has 30 heavy (non-hydrogen) atoms. The number of hydrogen-bond acceptors (Lipinski definition) is 4. The summed E-state index contributed by atoms with van der Waals surface area (Å²) in [6.45, 7) is 11.0. The first-order valence-corrected chi connectivity index (χ1v) is 10.9. The van der Waals surface area contributed by atoms with E-state index in [4.69, 9.17) is 4.99 Å². The lowest BCUT2D eigenvalue weighted by molar-refractivity contribution is -0.135. The fourth-order valence-electron chi connectivity index (χ4n) is 4.11. The number of nitrogens with one attached hydrogen (secondary N) is 1. The summed E-state index contributed by atoms with van der Waals surface area (Å²) >= 11 is 0. The third-order valence-corrected chi connectivity index (χ3v) is 5.84. The topological polar surface area (TPSA) is 71.4 Å². The number of rotatable bonds is 6. The van der Waals surface area contributed by atoms with E-state index in [1.165, 1.54) is 0 Å². The predicted molar refractivity (Wildman–Crippen MR) is 132 cm³/mol. The van der Waals surface area contributed by atoms with Gasteiger partial charge in [0.1, 0.15) is 5.75 Å². The first-order chi connectivity index (χ1) is 14.1. The molecule has 0 aliphatic carbocycles. The Morgan fingerprint density at radius 3 is 2.47 bits per heavy atom. The summed E-state index contributed by atoms with van der Waals surface area (Å²) in [6.07, 6.45) is 3.07. The number of piperazine rings is 1. The molecule has 1 amide bonds. The molecule has 8 heteroatoms. The van der Waals surface area contributed by atoms with Crippen molar-refractivity contribution in [3.63, 3.8) is 0 Å². The summed E-state index contributed by atoms with van der Waals surface area (Å²) in [4.78, 5) is 24.1. The van der Waals surface area contributed by atoms with Crippen LogP contribution in [0.3, 0.4) is 0 Å². The average molecular weight is 529 g/mol. The van der Waals surface area contributed by atoms with Crippen LogP contribution >= 0.6 is 24.0 Å². The molecule has 2 saturated heterocycles. The number of benzene rings is 1. The van der Waals surface area contributed by atoms with Gasteiger partial charge >= 0.3 is 0 Å². The number of aliphatic imine (C=N–C) groups is 1. The van der Waals surface area contributed by atoms with E-state index in [0.717, 1.165) is 76.6 Å². The van der Waals surface area contributed by atoms with E-state index in [9.17, 15) is 9.90 Å². The van der Waals surface area contributed by atoms with Crippen molar-refractivity contribution in [2.24, 2.45) is 4.99 Å². The van der Waals surface area contributed by atoms with E-state index < -0.39 is 0 Å². The van der Waals surface area contributed by atoms with Crippen molar-refractivity contribution in [2.75, 3.05) is 52.4 Å². The molecule has 168 valence electrons. The van der Waals surface area contributed by atoms with E-state index in [-0.39, 0.29) is 35.9 Å². The lowest BCUT2D eigenvalue weighted by Gasteiger charge is -2.39. The van der Waals surface area contributed by atoms with Crippen LogP contribution in [-0.4, -0.2) is 90.1 Å². The first kappa shape index (κ1) is 24.7. The van der Waals surface area contributed by atoms with Gasteiger partial charge in [-0.3, -0.25) is 14.7 Å². The smallest absolute Gasteiger partial charge is 0.239 e. The second-order valence-corrected chi connectivity index (χ2v) is 7.89. The summed E-state index contributed by atoms with van der Waals surface area (Å²) in [5.74, 6) is 1.51. The zero-order chi connectivity index (χ0) is 20.6. The Bertz CT molecular complexity index is 701. The van der Waals surface area contributed by atoms with Crippen molar-refractivity contribution in [2.45, 2.75) is 39.2 Å². The molecule has 2 fully saturated rings. The molecule has 2 heterocycles. The van der Waals surface area contributed by atoms with Crippen LogP contribution in [0, 0.1) is 0 Å². The van der Waals surface area contributed by atoms with Gasteiger partial charge < -0.3 is 20.2 Å². The highest BCUT2D eigenvalue weighted by atomic mass is 127. The molecule has 1 atom stereocenters. The molecule has 7 nitrogen and oxygen atoms in total. The standard InChI is InChI=1S/C22H35N5O2.HI/c1-3-23-22(24-10-9-19-7-6-8-20(28)17-19)27-15-13-25(14-16-27)18(2)21(29)26-11-4-5-12-26;/h6-8,17-18,28H,3-5,9-16H2,1-2H3,(H,23,24);1H. The van der Waals surface area contributed by atoms with Gasteiger partial charge in [-0.2, -0.15) is 0 Å². The van der Waals surface area contributed by atoms with Crippen LogP contribution in [-0.2, 0) is 11.2 Å². The molecular weight excluding hydrogens is 493 g/mol. The van der Waals surface area contributed by atoms with Gasteiger partial charge in [0, 0.05) is 52.4 Å². The van der Waals surface area contributed by atoms with Crippen LogP contribution in [0.2, 0.25) is 0 Å². The molecule has 0 radical (unpaired) electrons. The number of carbonyl (C=O) groups is 1. The molecule has 2 aliphatic heterocycles. The molecule has 2 aliphatic rings. The highest BCUT2D eigenvalue weighted by Gasteiger charge is 2.30. The third kappa shape index (κ3) is 6.73. The quantitative estimate of drug-likeness (QED) is 0.336. The lowest BCUT2D eigenvalue weighted by atomic mass is 10.1. The van der Waals surface area contributed by atoms with Gasteiger partial charge in [0.15, 0.2) is 5.96 Å². The summed E-state index contributed by atoms with van der Waals surface area (Å²) < 4.78 is 0. The Morgan fingerprint density at radius 1 is 1.13 bits per heavy atom. The van der Waals surface area contributed by atoms with E-state index in [2.05, 4.69) is 22.0 Å². The number of phenols is 1. The normalized spacial score (nSPS) is 18.8. The fraction of sp³-hybridized carbons (Fsp3) is 0.636. The number of aromatic hydroxyl groups is 1. The Labute approximate surface area is 197 Å². The Morgan fingerprint density at radius 2 is 1.83 bits per heavy atom. The van der Waals surface area contributed by atoms with Crippen molar-refractivity contribution in [3.05, 3.63) is 29.8 Å². The maximum Gasteiger partial charge on any atom is 0.239 e. The second-order valence-electron chi connectivity index (χ2n) is 7.89. The number of phenolic OH excluding ortho intramolecular Hbond substituents is 1. The van der Waals surface area contributed by atoms with Crippen LogP contribution < -0.4 is 5.32 Å². The van der Waals surface area contributed by atoms with E-state index in [1.807, 2.05) is 24.0 Å². The summed E-state index contributed by atoms with van der Waals surface area (Å²) in [5, 5.41) is 13.0. The van der Waals surface area contributed by atoms with Crippen LogP contribution in [0.25, 0.3) is 0 Å². The molecule has 3 rings (SSSR count). The van der Waals surface area contributed by atoms with Gasteiger partial charge in [0.05, 0.1) is 6.04 Å². The van der Waals surface area contributed by atoms with Crippen molar-refractivity contribution < 1.29 is 9.90 Å². The molecule has 0 spiro atoms. The summed E-state index contributed by atoms with van der Waals surface area (Å²) in [5.41, 5.74) is 1.09. The highest BCUT2D eigenvalue weighted by Crippen LogP contribution is 2.14.